The molecule has 2 rings (SSSR count). The highest BCUT2D eigenvalue weighted by Gasteiger charge is 2.08. The number of aromatic nitrogens is 1. The molecule has 2 N–H and O–H groups in total. The van der Waals surface area contributed by atoms with E-state index < -0.39 is 0 Å². The first-order valence-electron chi connectivity index (χ1n) is 7.91. The Hall–Kier alpha value is -2.18. The number of hydrogen-bond donors (Lipinski definition) is 2. The topological polar surface area (TPSA) is 63.2 Å². The quantitative estimate of drug-likeness (QED) is 0.581. The summed E-state index contributed by atoms with van der Waals surface area (Å²) in [5.74, 6) is 1.03. The van der Waals surface area contributed by atoms with Gasteiger partial charge in [-0.3, -0.25) is 10.1 Å². The van der Waals surface area contributed by atoms with E-state index in [0.717, 1.165) is 12.2 Å². The third-order valence-electron chi connectivity index (χ3n) is 3.29. The molecule has 0 fully saturated rings. The van der Waals surface area contributed by atoms with E-state index >= 15 is 0 Å². The van der Waals surface area contributed by atoms with E-state index in [1.54, 1.807) is 36.4 Å². The number of ether oxygens (including phenoxy) is 1. The fourth-order valence-electron chi connectivity index (χ4n) is 1.90. The Bertz CT molecular complexity index is 718. The van der Waals surface area contributed by atoms with E-state index in [4.69, 9.17) is 28.6 Å². The fourth-order valence-corrected chi connectivity index (χ4v) is 2.22. The Morgan fingerprint density at radius 1 is 1.24 bits per heavy atom. The molecule has 1 amide bonds. The molecule has 0 unspecified atom stereocenters. The monoisotopic (exact) mass is 377 g/mol. The minimum Gasteiger partial charge on any atom is -0.494 e. The lowest BCUT2D eigenvalue weighted by molar-refractivity contribution is 0.0977. The van der Waals surface area contributed by atoms with Crippen molar-refractivity contribution in [2.24, 2.45) is 5.92 Å². The second-order valence-electron chi connectivity index (χ2n) is 5.83. The van der Waals surface area contributed by atoms with Crippen LogP contribution in [-0.2, 0) is 0 Å². The SMILES string of the molecule is CC(C)CCOc1ccc(C(=O)NC(=S)Nc2ccc(Cl)nc2)cc1. The number of nitrogens with one attached hydrogen (secondary N) is 2. The average Bonchev–Trinajstić information content (AvgIpc) is 2.57. The highest BCUT2D eigenvalue weighted by Crippen LogP contribution is 2.14. The number of anilines is 1. The van der Waals surface area contributed by atoms with Crippen molar-refractivity contribution in [1.82, 2.24) is 10.3 Å². The number of carbonyl (C=O) groups is 1. The molecule has 0 radical (unpaired) electrons. The minimum atomic E-state index is -0.298. The molecule has 0 aliphatic heterocycles. The number of hydrogen-bond acceptors (Lipinski definition) is 4. The zero-order valence-electron chi connectivity index (χ0n) is 14.1. The van der Waals surface area contributed by atoms with Gasteiger partial charge in [0.15, 0.2) is 5.11 Å². The normalized spacial score (nSPS) is 10.4. The lowest BCUT2D eigenvalue weighted by Crippen LogP contribution is -2.34. The van der Waals surface area contributed by atoms with Gasteiger partial charge < -0.3 is 10.1 Å². The molecule has 7 heteroatoms. The summed E-state index contributed by atoms with van der Waals surface area (Å²) in [6.07, 6.45) is 2.52. The Morgan fingerprint density at radius 3 is 2.56 bits per heavy atom. The molecule has 0 spiro atoms. The van der Waals surface area contributed by atoms with Crippen LogP contribution in [0.2, 0.25) is 5.15 Å². The molecule has 0 aliphatic carbocycles. The molecule has 132 valence electrons. The molecule has 25 heavy (non-hydrogen) atoms. The van der Waals surface area contributed by atoms with E-state index in [2.05, 4.69) is 29.5 Å². The van der Waals surface area contributed by atoms with Crippen LogP contribution in [0.15, 0.2) is 42.6 Å². The van der Waals surface area contributed by atoms with E-state index in [-0.39, 0.29) is 11.0 Å². The van der Waals surface area contributed by atoms with Crippen molar-refractivity contribution < 1.29 is 9.53 Å². The van der Waals surface area contributed by atoms with Crippen molar-refractivity contribution in [3.05, 3.63) is 53.3 Å². The average molecular weight is 378 g/mol. The molecular formula is C18H20ClN3O2S. The van der Waals surface area contributed by atoms with Crippen LogP contribution in [0.1, 0.15) is 30.6 Å². The van der Waals surface area contributed by atoms with Crippen LogP contribution >= 0.6 is 23.8 Å². The number of thiocarbonyl (C=S) groups is 1. The number of rotatable bonds is 6. The zero-order valence-corrected chi connectivity index (χ0v) is 15.7. The van der Waals surface area contributed by atoms with Gasteiger partial charge in [0.1, 0.15) is 10.9 Å². The lowest BCUT2D eigenvalue weighted by Gasteiger charge is -2.10. The molecule has 0 saturated carbocycles. The van der Waals surface area contributed by atoms with Crippen molar-refractivity contribution in [2.75, 3.05) is 11.9 Å². The molecule has 5 nitrogen and oxygen atoms in total. The third kappa shape index (κ3) is 6.68. The fraction of sp³-hybridized carbons (Fsp3) is 0.278. The Labute approximate surface area is 157 Å². The van der Waals surface area contributed by atoms with Crippen molar-refractivity contribution >= 4 is 40.5 Å². The summed E-state index contributed by atoms with van der Waals surface area (Å²) < 4.78 is 5.63. The van der Waals surface area contributed by atoms with E-state index in [0.29, 0.717) is 28.9 Å². The number of halogens is 1. The van der Waals surface area contributed by atoms with E-state index in [1.165, 1.54) is 6.20 Å². The Kier molecular flexibility index (Phi) is 7.16. The lowest BCUT2D eigenvalue weighted by atomic mass is 10.1. The van der Waals surface area contributed by atoms with Gasteiger partial charge in [-0.1, -0.05) is 25.4 Å². The van der Waals surface area contributed by atoms with Gasteiger partial charge in [0.2, 0.25) is 0 Å². The molecule has 0 atom stereocenters. The van der Waals surface area contributed by atoms with Gasteiger partial charge in [0.05, 0.1) is 18.5 Å². The highest BCUT2D eigenvalue weighted by molar-refractivity contribution is 7.80. The predicted octanol–water partition coefficient (Wildman–Crippen LogP) is 4.29. The molecular weight excluding hydrogens is 358 g/mol. The minimum absolute atomic E-state index is 0.186. The van der Waals surface area contributed by atoms with Gasteiger partial charge in [-0.2, -0.15) is 0 Å². The zero-order chi connectivity index (χ0) is 18.2. The van der Waals surface area contributed by atoms with Crippen molar-refractivity contribution in [3.8, 4) is 5.75 Å². The van der Waals surface area contributed by atoms with Gasteiger partial charge in [-0.25, -0.2) is 4.98 Å². The van der Waals surface area contributed by atoms with Crippen LogP contribution in [0.25, 0.3) is 0 Å². The summed E-state index contributed by atoms with van der Waals surface area (Å²) in [6, 6.07) is 10.3. The van der Waals surface area contributed by atoms with E-state index in [9.17, 15) is 4.79 Å². The summed E-state index contributed by atoms with van der Waals surface area (Å²) in [7, 11) is 0. The second kappa shape index (κ2) is 9.34. The van der Waals surface area contributed by atoms with Gasteiger partial charge >= 0.3 is 0 Å². The standard InChI is InChI=1S/C18H20ClN3O2S/c1-12(2)9-10-24-15-6-3-13(4-7-15)17(23)22-18(25)21-14-5-8-16(19)20-11-14/h3-8,11-12H,9-10H2,1-2H3,(H2,21,22,23,25). The van der Waals surface area contributed by atoms with Gasteiger partial charge in [0.25, 0.3) is 5.91 Å². The summed E-state index contributed by atoms with van der Waals surface area (Å²) in [5, 5.41) is 6.06. The van der Waals surface area contributed by atoms with Crippen LogP contribution in [0.5, 0.6) is 5.75 Å². The smallest absolute Gasteiger partial charge is 0.257 e. The predicted molar refractivity (Wildman–Crippen MR) is 104 cm³/mol. The Morgan fingerprint density at radius 2 is 1.96 bits per heavy atom. The van der Waals surface area contributed by atoms with Crippen molar-refractivity contribution in [1.29, 1.82) is 0 Å². The number of amides is 1. The third-order valence-corrected chi connectivity index (χ3v) is 3.72. The van der Waals surface area contributed by atoms with Crippen LogP contribution in [0, 0.1) is 5.92 Å². The summed E-state index contributed by atoms with van der Waals surface area (Å²) in [4.78, 5) is 16.1. The maximum atomic E-state index is 12.2. The number of pyridine rings is 1. The number of nitrogens with zero attached hydrogens (tertiary/aromatic N) is 1. The van der Waals surface area contributed by atoms with Crippen LogP contribution in [-0.4, -0.2) is 22.6 Å². The number of benzene rings is 1. The van der Waals surface area contributed by atoms with Crippen molar-refractivity contribution in [2.45, 2.75) is 20.3 Å². The molecule has 0 aliphatic rings. The first-order valence-corrected chi connectivity index (χ1v) is 8.69. The largest absolute Gasteiger partial charge is 0.494 e. The first-order chi connectivity index (χ1) is 11.9. The van der Waals surface area contributed by atoms with Gasteiger partial charge in [0, 0.05) is 5.56 Å². The van der Waals surface area contributed by atoms with Crippen molar-refractivity contribution in [3.63, 3.8) is 0 Å². The molecule has 2 aromatic rings. The summed E-state index contributed by atoms with van der Waals surface area (Å²) in [6.45, 7) is 4.95. The maximum absolute atomic E-state index is 12.2. The van der Waals surface area contributed by atoms with Crippen LogP contribution in [0.4, 0.5) is 5.69 Å². The highest BCUT2D eigenvalue weighted by atomic mass is 35.5. The molecule has 0 bridgehead atoms. The molecule has 1 aromatic carbocycles. The van der Waals surface area contributed by atoms with E-state index in [1.807, 2.05) is 0 Å². The maximum Gasteiger partial charge on any atom is 0.257 e. The second-order valence-corrected chi connectivity index (χ2v) is 6.63. The summed E-state index contributed by atoms with van der Waals surface area (Å²) >= 11 is 10.8. The first kappa shape index (κ1) is 19.1. The van der Waals surface area contributed by atoms with Gasteiger partial charge in [-0.15, -0.1) is 0 Å². The summed E-state index contributed by atoms with van der Waals surface area (Å²) in [5.41, 5.74) is 1.14. The number of carbonyl (C=O) groups excluding carboxylic acids is 1. The van der Waals surface area contributed by atoms with Crippen LogP contribution < -0.4 is 15.4 Å². The molecule has 0 saturated heterocycles. The Balaban J connectivity index is 1.85. The molecule has 1 heterocycles. The van der Waals surface area contributed by atoms with Gasteiger partial charge in [-0.05, 0) is 61.0 Å². The molecule has 1 aromatic heterocycles. The van der Waals surface area contributed by atoms with Crippen LogP contribution in [0.3, 0.4) is 0 Å².